The predicted octanol–water partition coefficient (Wildman–Crippen LogP) is 6.92. The smallest absolute Gasteiger partial charge is 0.416 e. The Hall–Kier alpha value is -3.03. The van der Waals surface area contributed by atoms with Crippen LogP contribution in [-0.4, -0.2) is 38.1 Å². The lowest BCUT2D eigenvalue weighted by atomic mass is 10.1. The highest BCUT2D eigenvalue weighted by molar-refractivity contribution is 7.10. The van der Waals surface area contributed by atoms with Gasteiger partial charge in [-0.3, -0.25) is 0 Å². The Balaban J connectivity index is 1.32. The molecule has 1 aliphatic heterocycles. The molecular weight excluding hydrogens is 457 g/mol. The van der Waals surface area contributed by atoms with E-state index < -0.39 is 11.7 Å². The van der Waals surface area contributed by atoms with Crippen molar-refractivity contribution in [3.63, 3.8) is 0 Å². The third-order valence-corrected chi connectivity index (χ3v) is 7.14. The van der Waals surface area contributed by atoms with Gasteiger partial charge in [-0.2, -0.15) is 13.2 Å². The van der Waals surface area contributed by atoms with Gasteiger partial charge in [0.05, 0.1) is 5.56 Å². The molecular formula is C27H25F3N2OS. The minimum atomic E-state index is -4.35. The van der Waals surface area contributed by atoms with Crippen LogP contribution in [0.1, 0.15) is 10.4 Å². The molecule has 1 aromatic heterocycles. The van der Waals surface area contributed by atoms with Gasteiger partial charge in [-0.1, -0.05) is 30.3 Å². The monoisotopic (exact) mass is 482 g/mol. The van der Waals surface area contributed by atoms with Gasteiger partial charge in [0, 0.05) is 42.1 Å². The second kappa shape index (κ2) is 9.31. The first kappa shape index (κ1) is 22.7. The van der Waals surface area contributed by atoms with Crippen molar-refractivity contribution in [1.82, 2.24) is 4.90 Å². The van der Waals surface area contributed by atoms with E-state index in [1.165, 1.54) is 39.9 Å². The summed E-state index contributed by atoms with van der Waals surface area (Å²) in [5.74, 6) is 0.781. The third-order valence-electron chi connectivity index (χ3n) is 6.23. The lowest BCUT2D eigenvalue weighted by Gasteiger charge is -2.34. The maximum atomic E-state index is 13.1. The van der Waals surface area contributed by atoms with Gasteiger partial charge in [0.25, 0.3) is 0 Å². The molecule has 5 rings (SSSR count). The van der Waals surface area contributed by atoms with Crippen molar-refractivity contribution in [3.8, 4) is 16.9 Å². The summed E-state index contributed by atoms with van der Waals surface area (Å²) in [4.78, 5) is 5.72. The van der Waals surface area contributed by atoms with Crippen LogP contribution < -0.4 is 9.64 Å². The number of rotatable bonds is 5. The number of hydrogen-bond donors (Lipinski definition) is 0. The molecule has 2 heterocycles. The van der Waals surface area contributed by atoms with Crippen molar-refractivity contribution in [3.05, 3.63) is 82.6 Å². The molecule has 1 aliphatic rings. The fourth-order valence-corrected chi connectivity index (χ4v) is 5.09. The molecule has 34 heavy (non-hydrogen) atoms. The molecule has 0 spiro atoms. The molecule has 0 bridgehead atoms. The van der Waals surface area contributed by atoms with Crippen LogP contribution in [0.4, 0.5) is 18.9 Å². The highest BCUT2D eigenvalue weighted by Crippen LogP contribution is 2.34. The minimum Gasteiger partial charge on any atom is -0.488 e. The van der Waals surface area contributed by atoms with E-state index in [1.807, 2.05) is 17.5 Å². The Kier molecular flexibility index (Phi) is 6.23. The Bertz CT molecular complexity index is 1290. The van der Waals surface area contributed by atoms with Crippen LogP contribution in [0.5, 0.6) is 5.75 Å². The number of piperazine rings is 1. The van der Waals surface area contributed by atoms with E-state index in [-0.39, 0.29) is 0 Å². The Morgan fingerprint density at radius 1 is 0.882 bits per heavy atom. The Morgan fingerprint density at radius 3 is 2.47 bits per heavy atom. The van der Waals surface area contributed by atoms with E-state index in [9.17, 15) is 13.2 Å². The van der Waals surface area contributed by atoms with Crippen molar-refractivity contribution in [2.24, 2.45) is 0 Å². The molecule has 0 radical (unpaired) electrons. The van der Waals surface area contributed by atoms with Crippen molar-refractivity contribution >= 4 is 27.8 Å². The molecule has 176 valence electrons. The molecule has 0 unspecified atom stereocenters. The first-order valence-corrected chi connectivity index (χ1v) is 12.1. The summed E-state index contributed by atoms with van der Waals surface area (Å²) in [6.07, 6.45) is -4.35. The maximum absolute atomic E-state index is 13.1. The topological polar surface area (TPSA) is 15.7 Å². The van der Waals surface area contributed by atoms with Gasteiger partial charge in [0.15, 0.2) is 0 Å². The molecule has 0 N–H and O–H groups in total. The number of benzene rings is 3. The van der Waals surface area contributed by atoms with Gasteiger partial charge < -0.3 is 14.5 Å². The number of alkyl halides is 3. The van der Waals surface area contributed by atoms with E-state index in [4.69, 9.17) is 4.74 Å². The summed E-state index contributed by atoms with van der Waals surface area (Å²) in [7, 11) is 2.15. The fourth-order valence-electron chi connectivity index (χ4n) is 4.29. The SMILES string of the molecule is CN1CCN(c2cccc3ccc(OCc4cc(-c5cccc(C(F)(F)F)c5)cs4)cc23)CC1. The number of hydrogen-bond acceptors (Lipinski definition) is 4. The molecule has 1 fully saturated rings. The minimum absolute atomic E-state index is 0.367. The van der Waals surface area contributed by atoms with Crippen LogP contribution in [0.3, 0.4) is 0 Å². The average Bonchev–Trinajstić information content (AvgIpc) is 3.32. The standard InChI is InChI=1S/C27H25F3N2OS/c1-31-10-12-32(13-11-31)26-7-3-4-19-8-9-23(16-25(19)26)33-17-24-15-21(18-34-24)20-5-2-6-22(14-20)27(28,29)30/h2-9,14-16,18H,10-13,17H2,1H3. The molecule has 0 aliphatic carbocycles. The summed E-state index contributed by atoms with van der Waals surface area (Å²) in [5, 5.41) is 4.21. The molecule has 0 atom stereocenters. The summed E-state index contributed by atoms with van der Waals surface area (Å²) in [6, 6.07) is 19.8. The maximum Gasteiger partial charge on any atom is 0.416 e. The van der Waals surface area contributed by atoms with Crippen LogP contribution in [0.15, 0.2) is 72.1 Å². The molecule has 0 amide bonds. The summed E-state index contributed by atoms with van der Waals surface area (Å²) < 4.78 is 45.2. The number of anilines is 1. The van der Waals surface area contributed by atoms with Gasteiger partial charge in [-0.05, 0) is 65.3 Å². The lowest BCUT2D eigenvalue weighted by molar-refractivity contribution is -0.137. The van der Waals surface area contributed by atoms with Gasteiger partial charge in [0.1, 0.15) is 12.4 Å². The van der Waals surface area contributed by atoms with E-state index in [0.29, 0.717) is 12.2 Å². The van der Waals surface area contributed by atoms with E-state index in [2.05, 4.69) is 47.2 Å². The summed E-state index contributed by atoms with van der Waals surface area (Å²) in [5.41, 5.74) is 1.91. The molecule has 3 nitrogen and oxygen atoms in total. The van der Waals surface area contributed by atoms with E-state index >= 15 is 0 Å². The highest BCUT2D eigenvalue weighted by Gasteiger charge is 2.30. The van der Waals surface area contributed by atoms with Gasteiger partial charge in [-0.15, -0.1) is 11.3 Å². The number of ether oxygens (including phenoxy) is 1. The van der Waals surface area contributed by atoms with E-state index in [1.54, 1.807) is 6.07 Å². The van der Waals surface area contributed by atoms with Gasteiger partial charge >= 0.3 is 6.18 Å². The van der Waals surface area contributed by atoms with Crippen LogP contribution in [0.2, 0.25) is 0 Å². The summed E-state index contributed by atoms with van der Waals surface area (Å²) >= 11 is 1.49. The second-order valence-electron chi connectivity index (χ2n) is 8.62. The van der Waals surface area contributed by atoms with Crippen LogP contribution in [-0.2, 0) is 12.8 Å². The van der Waals surface area contributed by atoms with E-state index in [0.717, 1.165) is 48.4 Å². The number of fused-ring (bicyclic) bond motifs is 1. The molecule has 0 saturated carbocycles. The first-order valence-electron chi connectivity index (χ1n) is 11.2. The largest absolute Gasteiger partial charge is 0.488 e. The Morgan fingerprint density at radius 2 is 1.68 bits per heavy atom. The zero-order valence-electron chi connectivity index (χ0n) is 18.8. The van der Waals surface area contributed by atoms with Gasteiger partial charge in [0.2, 0.25) is 0 Å². The highest BCUT2D eigenvalue weighted by atomic mass is 32.1. The molecule has 3 aromatic carbocycles. The van der Waals surface area contributed by atoms with Crippen LogP contribution in [0.25, 0.3) is 21.9 Å². The van der Waals surface area contributed by atoms with Crippen molar-refractivity contribution < 1.29 is 17.9 Å². The third kappa shape index (κ3) is 4.91. The zero-order valence-corrected chi connectivity index (χ0v) is 19.6. The Labute approximate surface area is 201 Å². The molecule has 1 saturated heterocycles. The fraction of sp³-hybridized carbons (Fsp3) is 0.259. The number of nitrogens with zero attached hydrogens (tertiary/aromatic N) is 2. The predicted molar refractivity (Wildman–Crippen MR) is 133 cm³/mol. The van der Waals surface area contributed by atoms with Crippen molar-refractivity contribution in [2.75, 3.05) is 38.1 Å². The average molecular weight is 483 g/mol. The second-order valence-corrected chi connectivity index (χ2v) is 9.62. The van der Waals surface area contributed by atoms with Crippen molar-refractivity contribution in [1.29, 1.82) is 0 Å². The van der Waals surface area contributed by atoms with Crippen molar-refractivity contribution in [2.45, 2.75) is 12.8 Å². The number of thiophene rings is 1. The lowest BCUT2D eigenvalue weighted by Crippen LogP contribution is -2.44. The zero-order chi connectivity index (χ0) is 23.7. The number of likely N-dealkylation sites (N-methyl/N-ethyl adjacent to an activating group) is 1. The van der Waals surface area contributed by atoms with Gasteiger partial charge in [-0.25, -0.2) is 0 Å². The molecule has 7 heteroatoms. The normalized spacial score (nSPS) is 15.1. The first-order chi connectivity index (χ1) is 16.4. The number of halogens is 3. The van der Waals surface area contributed by atoms with Crippen LogP contribution >= 0.6 is 11.3 Å². The quantitative estimate of drug-likeness (QED) is 0.307. The summed E-state index contributed by atoms with van der Waals surface area (Å²) in [6.45, 7) is 4.44. The molecule has 4 aromatic rings. The van der Waals surface area contributed by atoms with Crippen LogP contribution in [0, 0.1) is 0 Å².